The first-order valence-corrected chi connectivity index (χ1v) is 3.97. The van der Waals surface area contributed by atoms with Gasteiger partial charge in [0.25, 0.3) is 0 Å². The summed E-state index contributed by atoms with van der Waals surface area (Å²) in [6.07, 6.45) is 3.17. The number of nitrogens with two attached hydrogens (primary N) is 1. The Bertz CT molecular complexity index is 494. The maximum atomic E-state index is 8.65. The van der Waals surface area contributed by atoms with Crippen molar-refractivity contribution >= 4 is 5.69 Å². The van der Waals surface area contributed by atoms with Crippen molar-refractivity contribution in [3.8, 4) is 11.9 Å². The highest BCUT2D eigenvalue weighted by Crippen LogP contribution is 2.06. The Hall–Kier alpha value is -2.35. The molecule has 0 amide bonds. The first kappa shape index (κ1) is 8.26. The Kier molecular flexibility index (Phi) is 1.88. The molecule has 2 aromatic heterocycles. The summed E-state index contributed by atoms with van der Waals surface area (Å²) in [5, 5.41) is 12.6. The molecule has 2 aromatic rings. The minimum atomic E-state index is 0.358. The SMILES string of the molecule is N#Cc1cccc(-n2cc(N)cn2)n1. The molecular formula is C9H7N5. The lowest BCUT2D eigenvalue weighted by atomic mass is 10.4. The lowest BCUT2D eigenvalue weighted by molar-refractivity contribution is 0.844. The van der Waals surface area contributed by atoms with Crippen molar-refractivity contribution in [1.82, 2.24) is 14.8 Å². The van der Waals surface area contributed by atoms with Crippen LogP contribution in [0, 0.1) is 11.3 Å². The Morgan fingerprint density at radius 2 is 2.29 bits per heavy atom. The maximum Gasteiger partial charge on any atom is 0.154 e. The van der Waals surface area contributed by atoms with Crippen LogP contribution in [-0.4, -0.2) is 14.8 Å². The van der Waals surface area contributed by atoms with E-state index in [1.54, 1.807) is 24.4 Å². The highest BCUT2D eigenvalue weighted by molar-refractivity contribution is 5.36. The zero-order valence-corrected chi connectivity index (χ0v) is 7.25. The van der Waals surface area contributed by atoms with Gasteiger partial charge in [-0.3, -0.25) is 0 Å². The molecule has 0 unspecified atom stereocenters. The minimum Gasteiger partial charge on any atom is -0.396 e. The molecule has 0 aliphatic heterocycles. The average molecular weight is 185 g/mol. The van der Waals surface area contributed by atoms with Crippen LogP contribution in [0.2, 0.25) is 0 Å². The van der Waals surface area contributed by atoms with Crippen LogP contribution in [-0.2, 0) is 0 Å². The van der Waals surface area contributed by atoms with Gasteiger partial charge in [0.15, 0.2) is 5.82 Å². The van der Waals surface area contributed by atoms with Gasteiger partial charge in [0.2, 0.25) is 0 Å². The molecular weight excluding hydrogens is 178 g/mol. The third-order valence-corrected chi connectivity index (χ3v) is 1.69. The van der Waals surface area contributed by atoms with E-state index in [1.807, 2.05) is 6.07 Å². The fourth-order valence-corrected chi connectivity index (χ4v) is 1.08. The fraction of sp³-hybridized carbons (Fsp3) is 0. The fourth-order valence-electron chi connectivity index (χ4n) is 1.08. The number of aromatic nitrogens is 3. The number of nitrogen functional groups attached to an aromatic ring is 1. The van der Waals surface area contributed by atoms with Gasteiger partial charge in [-0.1, -0.05) is 6.07 Å². The number of pyridine rings is 1. The molecule has 0 fully saturated rings. The first-order chi connectivity index (χ1) is 6.79. The van der Waals surface area contributed by atoms with Gasteiger partial charge < -0.3 is 5.73 Å². The smallest absolute Gasteiger partial charge is 0.154 e. The Morgan fingerprint density at radius 3 is 2.93 bits per heavy atom. The predicted molar refractivity (Wildman–Crippen MR) is 50.5 cm³/mol. The van der Waals surface area contributed by atoms with E-state index in [9.17, 15) is 0 Å². The highest BCUT2D eigenvalue weighted by atomic mass is 15.3. The van der Waals surface area contributed by atoms with Gasteiger partial charge in [-0.2, -0.15) is 10.4 Å². The van der Waals surface area contributed by atoms with E-state index in [2.05, 4.69) is 10.1 Å². The largest absolute Gasteiger partial charge is 0.396 e. The van der Waals surface area contributed by atoms with Crippen LogP contribution in [0.5, 0.6) is 0 Å². The van der Waals surface area contributed by atoms with Crippen LogP contribution in [0.15, 0.2) is 30.6 Å². The minimum absolute atomic E-state index is 0.358. The van der Waals surface area contributed by atoms with E-state index in [0.29, 0.717) is 17.2 Å². The van der Waals surface area contributed by atoms with E-state index in [-0.39, 0.29) is 0 Å². The summed E-state index contributed by atoms with van der Waals surface area (Å²) in [5.74, 6) is 0.584. The molecule has 5 nitrogen and oxygen atoms in total. The Balaban J connectivity index is 2.47. The number of anilines is 1. The van der Waals surface area contributed by atoms with E-state index in [1.165, 1.54) is 10.9 Å². The van der Waals surface area contributed by atoms with Crippen LogP contribution in [0.25, 0.3) is 5.82 Å². The van der Waals surface area contributed by atoms with Crippen molar-refractivity contribution in [2.75, 3.05) is 5.73 Å². The summed E-state index contributed by atoms with van der Waals surface area (Å²) >= 11 is 0. The van der Waals surface area contributed by atoms with Crippen LogP contribution in [0.1, 0.15) is 5.69 Å². The third-order valence-electron chi connectivity index (χ3n) is 1.69. The molecule has 0 saturated heterocycles. The zero-order chi connectivity index (χ0) is 9.97. The van der Waals surface area contributed by atoms with Gasteiger partial charge in [-0.25, -0.2) is 9.67 Å². The summed E-state index contributed by atoms with van der Waals surface area (Å²) in [7, 11) is 0. The van der Waals surface area contributed by atoms with Gasteiger partial charge in [0, 0.05) is 0 Å². The molecule has 68 valence electrons. The molecule has 0 aromatic carbocycles. The van der Waals surface area contributed by atoms with E-state index < -0.39 is 0 Å². The number of nitrogens with zero attached hydrogens (tertiary/aromatic N) is 4. The maximum absolute atomic E-state index is 8.65. The van der Waals surface area contributed by atoms with Crippen molar-refractivity contribution in [3.63, 3.8) is 0 Å². The van der Waals surface area contributed by atoms with Crippen molar-refractivity contribution in [1.29, 1.82) is 5.26 Å². The molecule has 2 N–H and O–H groups in total. The normalized spacial score (nSPS) is 9.64. The number of nitriles is 1. The lowest BCUT2D eigenvalue weighted by Crippen LogP contribution is -1.98. The zero-order valence-electron chi connectivity index (χ0n) is 7.25. The molecule has 0 aliphatic rings. The van der Waals surface area contributed by atoms with Crippen LogP contribution >= 0.6 is 0 Å². The standard InChI is InChI=1S/C9H7N5/c10-4-8-2-1-3-9(13-8)14-6-7(11)5-12-14/h1-3,5-6H,11H2. The summed E-state index contributed by atoms with van der Waals surface area (Å²) in [4.78, 5) is 4.06. The molecule has 0 atom stereocenters. The quantitative estimate of drug-likeness (QED) is 0.709. The second kappa shape index (κ2) is 3.18. The monoisotopic (exact) mass is 185 g/mol. The topological polar surface area (TPSA) is 80.5 Å². The highest BCUT2D eigenvalue weighted by Gasteiger charge is 2.00. The van der Waals surface area contributed by atoms with Gasteiger partial charge in [0.05, 0.1) is 18.1 Å². The van der Waals surface area contributed by atoms with E-state index in [4.69, 9.17) is 11.0 Å². The van der Waals surface area contributed by atoms with Gasteiger partial charge >= 0.3 is 0 Å². The summed E-state index contributed by atoms with van der Waals surface area (Å²) in [6.45, 7) is 0. The molecule has 0 spiro atoms. The van der Waals surface area contributed by atoms with E-state index in [0.717, 1.165) is 0 Å². The van der Waals surface area contributed by atoms with Crippen molar-refractivity contribution < 1.29 is 0 Å². The lowest BCUT2D eigenvalue weighted by Gasteiger charge is -1.98. The molecule has 5 heteroatoms. The molecule has 2 rings (SSSR count). The van der Waals surface area contributed by atoms with Gasteiger partial charge in [-0.05, 0) is 12.1 Å². The number of hydrogen-bond acceptors (Lipinski definition) is 4. The molecule has 0 radical (unpaired) electrons. The van der Waals surface area contributed by atoms with Crippen LogP contribution in [0.3, 0.4) is 0 Å². The average Bonchev–Trinajstić information content (AvgIpc) is 2.65. The number of rotatable bonds is 1. The Labute approximate surface area is 80.4 Å². The summed E-state index contributed by atoms with van der Waals surface area (Å²) in [6, 6.07) is 7.10. The second-order valence-electron chi connectivity index (χ2n) is 2.71. The Morgan fingerprint density at radius 1 is 1.43 bits per heavy atom. The van der Waals surface area contributed by atoms with Crippen molar-refractivity contribution in [3.05, 3.63) is 36.3 Å². The molecule has 14 heavy (non-hydrogen) atoms. The van der Waals surface area contributed by atoms with Gasteiger partial charge in [0.1, 0.15) is 11.8 Å². The molecule has 0 saturated carbocycles. The summed E-state index contributed by atoms with van der Waals surface area (Å²) < 4.78 is 1.52. The summed E-state index contributed by atoms with van der Waals surface area (Å²) in [5.41, 5.74) is 6.43. The molecule has 0 bridgehead atoms. The number of hydrogen-bond donors (Lipinski definition) is 1. The second-order valence-corrected chi connectivity index (χ2v) is 2.71. The van der Waals surface area contributed by atoms with Gasteiger partial charge in [-0.15, -0.1) is 0 Å². The van der Waals surface area contributed by atoms with Crippen LogP contribution < -0.4 is 5.73 Å². The molecule has 0 aliphatic carbocycles. The van der Waals surface area contributed by atoms with E-state index >= 15 is 0 Å². The predicted octanol–water partition coefficient (Wildman–Crippen LogP) is 0.721. The molecule has 2 heterocycles. The van der Waals surface area contributed by atoms with Crippen molar-refractivity contribution in [2.24, 2.45) is 0 Å². The van der Waals surface area contributed by atoms with Crippen molar-refractivity contribution in [2.45, 2.75) is 0 Å². The third kappa shape index (κ3) is 1.41. The van der Waals surface area contributed by atoms with Crippen LogP contribution in [0.4, 0.5) is 5.69 Å². The first-order valence-electron chi connectivity index (χ1n) is 3.97.